The number of rotatable bonds is 3. The molecule has 1 N–H and O–H groups in total. The Bertz CT molecular complexity index is 408. The Hall–Kier alpha value is -0.780. The first-order valence-corrected chi connectivity index (χ1v) is 6.15. The quantitative estimate of drug-likeness (QED) is 0.914. The fourth-order valence-corrected chi connectivity index (χ4v) is 2.36. The maximum Gasteiger partial charge on any atom is 0.258 e. The molecule has 100 valence electrons. The standard InChI is InChI=1S/C12H14ClF3N2/c13-9-7-8(1-2-10(9)14)11(12(15)16)18-5-3-17-4-6-18/h1-2,7,11-12,17H,3-6H2/t11-/m1/s1. The molecule has 1 fully saturated rings. The molecule has 0 aliphatic carbocycles. The number of nitrogens with zero attached hydrogens (tertiary/aromatic N) is 1. The van der Waals surface area contributed by atoms with Crippen LogP contribution in [0.2, 0.25) is 5.02 Å². The number of hydrogen-bond donors (Lipinski definition) is 1. The van der Waals surface area contributed by atoms with Gasteiger partial charge in [-0.15, -0.1) is 0 Å². The van der Waals surface area contributed by atoms with Crippen molar-refractivity contribution in [3.63, 3.8) is 0 Å². The maximum atomic E-state index is 13.2. The van der Waals surface area contributed by atoms with Crippen LogP contribution in [0.3, 0.4) is 0 Å². The highest BCUT2D eigenvalue weighted by molar-refractivity contribution is 6.30. The van der Waals surface area contributed by atoms with Crippen molar-refractivity contribution in [2.45, 2.75) is 12.5 Å². The average Bonchev–Trinajstić information content (AvgIpc) is 2.35. The normalized spacial score (nSPS) is 19.2. The molecule has 0 amide bonds. The third-order valence-electron chi connectivity index (χ3n) is 3.07. The zero-order valence-electron chi connectivity index (χ0n) is 9.67. The van der Waals surface area contributed by atoms with Gasteiger partial charge in [0.2, 0.25) is 0 Å². The van der Waals surface area contributed by atoms with E-state index < -0.39 is 18.3 Å². The van der Waals surface area contributed by atoms with Gasteiger partial charge in [0.15, 0.2) is 0 Å². The van der Waals surface area contributed by atoms with Crippen LogP contribution in [0.15, 0.2) is 18.2 Å². The van der Waals surface area contributed by atoms with E-state index in [1.165, 1.54) is 12.1 Å². The van der Waals surface area contributed by atoms with Crippen molar-refractivity contribution >= 4 is 11.6 Å². The maximum absolute atomic E-state index is 13.2. The van der Waals surface area contributed by atoms with Crippen LogP contribution in [0.4, 0.5) is 13.2 Å². The molecule has 6 heteroatoms. The molecular weight excluding hydrogens is 265 g/mol. The monoisotopic (exact) mass is 278 g/mol. The van der Waals surface area contributed by atoms with Crippen LogP contribution in [0, 0.1) is 5.82 Å². The highest BCUT2D eigenvalue weighted by Gasteiger charge is 2.30. The molecule has 1 atom stereocenters. The van der Waals surface area contributed by atoms with Crippen LogP contribution in [0.25, 0.3) is 0 Å². The highest BCUT2D eigenvalue weighted by Crippen LogP contribution is 2.30. The number of hydrogen-bond acceptors (Lipinski definition) is 2. The molecule has 0 aromatic heterocycles. The van der Waals surface area contributed by atoms with Crippen LogP contribution >= 0.6 is 11.6 Å². The van der Waals surface area contributed by atoms with E-state index in [-0.39, 0.29) is 5.02 Å². The van der Waals surface area contributed by atoms with Crippen LogP contribution in [0.1, 0.15) is 11.6 Å². The van der Waals surface area contributed by atoms with Crippen molar-refractivity contribution < 1.29 is 13.2 Å². The molecule has 1 aromatic rings. The van der Waals surface area contributed by atoms with Crippen LogP contribution in [-0.2, 0) is 0 Å². The van der Waals surface area contributed by atoms with Gasteiger partial charge < -0.3 is 5.32 Å². The van der Waals surface area contributed by atoms with Crippen LogP contribution in [0.5, 0.6) is 0 Å². The molecule has 1 heterocycles. The van der Waals surface area contributed by atoms with Crippen LogP contribution in [-0.4, -0.2) is 37.5 Å². The van der Waals surface area contributed by atoms with Gasteiger partial charge in [-0.05, 0) is 17.7 Å². The summed E-state index contributed by atoms with van der Waals surface area (Å²) in [5, 5.41) is 2.99. The minimum atomic E-state index is -2.52. The van der Waals surface area contributed by atoms with E-state index in [1.807, 2.05) is 0 Å². The lowest BCUT2D eigenvalue weighted by atomic mass is 10.0. The van der Waals surface area contributed by atoms with Crippen molar-refractivity contribution in [3.8, 4) is 0 Å². The minimum Gasteiger partial charge on any atom is -0.314 e. The first kappa shape index (κ1) is 13.6. The van der Waals surface area contributed by atoms with Gasteiger partial charge in [0.1, 0.15) is 5.82 Å². The molecule has 1 saturated heterocycles. The third kappa shape index (κ3) is 2.96. The summed E-state index contributed by atoms with van der Waals surface area (Å²) in [5.41, 5.74) is 0.360. The van der Waals surface area contributed by atoms with Gasteiger partial charge in [-0.25, -0.2) is 13.2 Å². The molecule has 2 rings (SSSR count). The summed E-state index contributed by atoms with van der Waals surface area (Å²) in [6.45, 7) is 2.45. The molecule has 0 saturated carbocycles. The molecule has 1 aromatic carbocycles. The van der Waals surface area contributed by atoms with E-state index in [9.17, 15) is 13.2 Å². The minimum absolute atomic E-state index is 0.117. The Morgan fingerprint density at radius 1 is 1.22 bits per heavy atom. The van der Waals surface area contributed by atoms with Gasteiger partial charge in [-0.3, -0.25) is 4.90 Å². The Morgan fingerprint density at radius 3 is 2.44 bits per heavy atom. The van der Waals surface area contributed by atoms with Crippen LogP contribution < -0.4 is 5.32 Å². The Morgan fingerprint density at radius 2 is 1.89 bits per heavy atom. The summed E-state index contributed by atoms with van der Waals surface area (Å²) < 4.78 is 39.5. The van der Waals surface area contributed by atoms with Crippen molar-refractivity contribution in [3.05, 3.63) is 34.6 Å². The Balaban J connectivity index is 2.25. The Labute approximate surface area is 109 Å². The summed E-state index contributed by atoms with van der Waals surface area (Å²) in [5.74, 6) is -0.589. The Kier molecular flexibility index (Phi) is 4.48. The van der Waals surface area contributed by atoms with E-state index >= 15 is 0 Å². The summed E-state index contributed by atoms with van der Waals surface area (Å²) in [4.78, 5) is 1.70. The lowest BCUT2D eigenvalue weighted by Gasteiger charge is -2.34. The molecule has 18 heavy (non-hydrogen) atoms. The van der Waals surface area contributed by atoms with Crippen molar-refractivity contribution in [1.82, 2.24) is 10.2 Å². The van der Waals surface area contributed by atoms with E-state index in [1.54, 1.807) is 4.90 Å². The molecular formula is C12H14ClF3N2. The van der Waals surface area contributed by atoms with Gasteiger partial charge in [-0.2, -0.15) is 0 Å². The molecule has 1 aliphatic heterocycles. The topological polar surface area (TPSA) is 15.3 Å². The van der Waals surface area contributed by atoms with Gasteiger partial charge >= 0.3 is 0 Å². The van der Waals surface area contributed by atoms with Crippen molar-refractivity contribution in [2.75, 3.05) is 26.2 Å². The largest absolute Gasteiger partial charge is 0.314 e. The smallest absolute Gasteiger partial charge is 0.258 e. The highest BCUT2D eigenvalue weighted by atomic mass is 35.5. The number of halogens is 4. The first-order valence-electron chi connectivity index (χ1n) is 5.77. The summed E-state index contributed by atoms with van der Waals surface area (Å²) in [7, 11) is 0. The molecule has 0 spiro atoms. The SMILES string of the molecule is Fc1ccc([C@H](C(F)F)N2CCNCC2)cc1Cl. The second kappa shape index (κ2) is 5.91. The number of alkyl halides is 2. The molecule has 0 bridgehead atoms. The zero-order valence-corrected chi connectivity index (χ0v) is 10.4. The van der Waals surface area contributed by atoms with E-state index in [4.69, 9.17) is 11.6 Å². The second-order valence-corrected chi connectivity index (χ2v) is 4.65. The number of piperazine rings is 1. The van der Waals surface area contributed by atoms with Crippen molar-refractivity contribution in [1.29, 1.82) is 0 Å². The fraction of sp³-hybridized carbons (Fsp3) is 0.500. The van der Waals surface area contributed by atoms with E-state index in [0.29, 0.717) is 31.7 Å². The number of benzene rings is 1. The molecule has 1 aliphatic rings. The lowest BCUT2D eigenvalue weighted by Crippen LogP contribution is -2.46. The van der Waals surface area contributed by atoms with Crippen molar-refractivity contribution in [2.24, 2.45) is 0 Å². The molecule has 0 radical (unpaired) electrons. The second-order valence-electron chi connectivity index (χ2n) is 4.24. The van der Waals surface area contributed by atoms with E-state index in [0.717, 1.165) is 6.07 Å². The van der Waals surface area contributed by atoms with Gasteiger partial charge in [0, 0.05) is 26.2 Å². The fourth-order valence-electron chi connectivity index (χ4n) is 2.17. The predicted octanol–water partition coefficient (Wildman–Crippen LogP) is 2.69. The predicted molar refractivity (Wildman–Crippen MR) is 64.6 cm³/mol. The molecule has 2 nitrogen and oxygen atoms in total. The summed E-state index contributed by atoms with van der Waals surface area (Å²) in [6, 6.07) is 2.77. The zero-order chi connectivity index (χ0) is 13.1. The third-order valence-corrected chi connectivity index (χ3v) is 3.36. The summed E-state index contributed by atoms with van der Waals surface area (Å²) >= 11 is 5.65. The molecule has 0 unspecified atom stereocenters. The summed E-state index contributed by atoms with van der Waals surface area (Å²) in [6.07, 6.45) is -2.52. The van der Waals surface area contributed by atoms with Gasteiger partial charge in [-0.1, -0.05) is 17.7 Å². The lowest BCUT2D eigenvalue weighted by molar-refractivity contribution is 0.0181. The van der Waals surface area contributed by atoms with E-state index in [2.05, 4.69) is 5.32 Å². The van der Waals surface area contributed by atoms with Gasteiger partial charge in [0.25, 0.3) is 6.43 Å². The average molecular weight is 279 g/mol. The first-order chi connectivity index (χ1) is 8.59. The van der Waals surface area contributed by atoms with Gasteiger partial charge in [0.05, 0.1) is 11.1 Å². The number of nitrogens with one attached hydrogen (secondary N) is 1.